The molecule has 18 heavy (non-hydrogen) atoms. The highest BCUT2D eigenvalue weighted by Crippen LogP contribution is 2.40. The zero-order valence-corrected chi connectivity index (χ0v) is 10.9. The van der Waals surface area contributed by atoms with Crippen LogP contribution in [0.25, 0.3) is 0 Å². The average Bonchev–Trinajstić information content (AvgIpc) is 3.24. The zero-order chi connectivity index (χ0) is 12.4. The Morgan fingerprint density at radius 2 is 2.06 bits per heavy atom. The maximum atomic E-state index is 6.07. The van der Waals surface area contributed by atoms with Crippen LogP contribution in [0, 0.1) is 0 Å². The van der Waals surface area contributed by atoms with Crippen LogP contribution < -0.4 is 14.8 Å². The number of rotatable bonds is 4. The van der Waals surface area contributed by atoms with Crippen LogP contribution in [-0.2, 0) is 0 Å². The summed E-state index contributed by atoms with van der Waals surface area (Å²) >= 11 is 0. The second-order valence-corrected chi connectivity index (χ2v) is 5.20. The van der Waals surface area contributed by atoms with Crippen molar-refractivity contribution in [3.8, 4) is 11.5 Å². The maximum Gasteiger partial charge on any atom is 0.166 e. The molecule has 1 saturated carbocycles. The van der Waals surface area contributed by atoms with Crippen LogP contribution in [0.2, 0.25) is 0 Å². The number of methoxy groups -OCH3 is 1. The molecule has 2 fully saturated rings. The molecule has 1 atom stereocenters. The summed E-state index contributed by atoms with van der Waals surface area (Å²) in [5, 5.41) is 3.59. The number of hydrogen-bond acceptors (Lipinski definition) is 3. The molecule has 0 amide bonds. The van der Waals surface area contributed by atoms with Gasteiger partial charge in [-0.05, 0) is 38.3 Å². The second-order valence-electron chi connectivity index (χ2n) is 5.20. The van der Waals surface area contributed by atoms with Crippen molar-refractivity contribution in [2.75, 3.05) is 13.7 Å². The predicted molar refractivity (Wildman–Crippen MR) is 71.2 cm³/mol. The summed E-state index contributed by atoms with van der Waals surface area (Å²) < 4.78 is 11.5. The number of piperidine rings is 1. The van der Waals surface area contributed by atoms with Gasteiger partial charge in [0, 0.05) is 11.6 Å². The van der Waals surface area contributed by atoms with Crippen molar-refractivity contribution >= 4 is 0 Å². The fourth-order valence-electron chi connectivity index (χ4n) is 2.56. The summed E-state index contributed by atoms with van der Waals surface area (Å²) in [6.45, 7) is 1.10. The van der Waals surface area contributed by atoms with Gasteiger partial charge in [-0.15, -0.1) is 0 Å². The first kappa shape index (κ1) is 11.8. The van der Waals surface area contributed by atoms with Gasteiger partial charge < -0.3 is 14.8 Å². The number of nitrogens with one attached hydrogen (secondary N) is 1. The quantitative estimate of drug-likeness (QED) is 0.887. The van der Waals surface area contributed by atoms with Crippen LogP contribution in [0.4, 0.5) is 0 Å². The smallest absolute Gasteiger partial charge is 0.166 e. The first-order valence-corrected chi connectivity index (χ1v) is 6.95. The molecule has 1 saturated heterocycles. The van der Waals surface area contributed by atoms with Gasteiger partial charge in [0.15, 0.2) is 11.5 Å². The van der Waals surface area contributed by atoms with Gasteiger partial charge in [-0.2, -0.15) is 0 Å². The zero-order valence-electron chi connectivity index (χ0n) is 10.9. The molecule has 3 nitrogen and oxygen atoms in total. The van der Waals surface area contributed by atoms with E-state index in [2.05, 4.69) is 17.4 Å². The van der Waals surface area contributed by atoms with E-state index in [1.54, 1.807) is 7.11 Å². The maximum absolute atomic E-state index is 6.07. The number of para-hydroxylation sites is 1. The van der Waals surface area contributed by atoms with E-state index in [0.29, 0.717) is 12.1 Å². The molecule has 1 N–H and O–H groups in total. The number of hydrogen-bond donors (Lipinski definition) is 1. The molecule has 1 aliphatic heterocycles. The Bertz CT molecular complexity index is 409. The van der Waals surface area contributed by atoms with Gasteiger partial charge in [-0.1, -0.05) is 18.6 Å². The summed E-state index contributed by atoms with van der Waals surface area (Å²) in [5.41, 5.74) is 1.26. The van der Waals surface area contributed by atoms with E-state index < -0.39 is 0 Å². The minimum Gasteiger partial charge on any atom is -0.493 e. The molecule has 1 unspecified atom stereocenters. The molecule has 0 spiro atoms. The first-order valence-electron chi connectivity index (χ1n) is 6.95. The Kier molecular flexibility index (Phi) is 3.41. The highest BCUT2D eigenvalue weighted by molar-refractivity contribution is 5.48. The Morgan fingerprint density at radius 1 is 1.17 bits per heavy atom. The third-order valence-electron chi connectivity index (χ3n) is 3.72. The molecule has 3 rings (SSSR count). The van der Waals surface area contributed by atoms with Crippen molar-refractivity contribution in [2.45, 2.75) is 44.2 Å². The molecule has 1 heterocycles. The van der Waals surface area contributed by atoms with E-state index in [1.807, 2.05) is 6.07 Å². The Labute approximate surface area is 108 Å². The monoisotopic (exact) mass is 247 g/mol. The Morgan fingerprint density at radius 3 is 2.72 bits per heavy atom. The van der Waals surface area contributed by atoms with Gasteiger partial charge in [-0.25, -0.2) is 0 Å². The predicted octanol–water partition coefficient (Wildman–Crippen LogP) is 3.05. The molecule has 0 aromatic heterocycles. The molecule has 98 valence electrons. The minimum absolute atomic E-state index is 0.406. The lowest BCUT2D eigenvalue weighted by atomic mass is 9.96. The molecule has 3 heteroatoms. The van der Waals surface area contributed by atoms with Crippen LogP contribution in [0.5, 0.6) is 11.5 Å². The van der Waals surface area contributed by atoms with Crippen molar-refractivity contribution < 1.29 is 9.47 Å². The van der Waals surface area contributed by atoms with Crippen LogP contribution in [0.1, 0.15) is 43.7 Å². The van der Waals surface area contributed by atoms with E-state index in [1.165, 1.54) is 37.7 Å². The SMILES string of the molecule is COc1cccc(C2CCCCN2)c1OC1CC1. The highest BCUT2D eigenvalue weighted by Gasteiger charge is 2.28. The fourth-order valence-corrected chi connectivity index (χ4v) is 2.56. The molecule has 1 aromatic carbocycles. The van der Waals surface area contributed by atoms with Crippen LogP contribution in [0.15, 0.2) is 18.2 Å². The lowest BCUT2D eigenvalue weighted by Crippen LogP contribution is -2.27. The third-order valence-corrected chi connectivity index (χ3v) is 3.72. The molecular weight excluding hydrogens is 226 g/mol. The van der Waals surface area contributed by atoms with Crippen LogP contribution in [0.3, 0.4) is 0 Å². The van der Waals surface area contributed by atoms with Gasteiger partial charge >= 0.3 is 0 Å². The lowest BCUT2D eigenvalue weighted by Gasteiger charge is -2.26. The topological polar surface area (TPSA) is 30.5 Å². The normalized spacial score (nSPS) is 23.7. The largest absolute Gasteiger partial charge is 0.493 e. The minimum atomic E-state index is 0.406. The van der Waals surface area contributed by atoms with E-state index in [0.717, 1.165) is 18.0 Å². The van der Waals surface area contributed by atoms with Crippen molar-refractivity contribution in [1.82, 2.24) is 5.32 Å². The van der Waals surface area contributed by atoms with Gasteiger partial charge in [0.1, 0.15) is 0 Å². The molecule has 0 radical (unpaired) electrons. The molecule has 0 bridgehead atoms. The Hall–Kier alpha value is -1.22. The molecule has 1 aliphatic carbocycles. The summed E-state index contributed by atoms with van der Waals surface area (Å²) in [6.07, 6.45) is 6.51. The highest BCUT2D eigenvalue weighted by atomic mass is 16.5. The number of benzene rings is 1. The average molecular weight is 247 g/mol. The summed E-state index contributed by atoms with van der Waals surface area (Å²) in [7, 11) is 1.72. The third kappa shape index (κ3) is 2.46. The molecule has 1 aromatic rings. The van der Waals surface area contributed by atoms with Crippen molar-refractivity contribution in [3.63, 3.8) is 0 Å². The Balaban J connectivity index is 1.89. The van der Waals surface area contributed by atoms with Crippen molar-refractivity contribution in [2.24, 2.45) is 0 Å². The lowest BCUT2D eigenvalue weighted by molar-refractivity contribution is 0.272. The van der Waals surface area contributed by atoms with E-state index in [4.69, 9.17) is 9.47 Å². The molecular formula is C15H21NO2. The van der Waals surface area contributed by atoms with E-state index >= 15 is 0 Å². The summed E-state index contributed by atoms with van der Waals surface area (Å²) in [6, 6.07) is 6.64. The fraction of sp³-hybridized carbons (Fsp3) is 0.600. The van der Waals surface area contributed by atoms with Gasteiger partial charge in [-0.3, -0.25) is 0 Å². The van der Waals surface area contributed by atoms with E-state index in [9.17, 15) is 0 Å². The van der Waals surface area contributed by atoms with Gasteiger partial charge in [0.05, 0.1) is 13.2 Å². The number of ether oxygens (including phenoxy) is 2. The summed E-state index contributed by atoms with van der Waals surface area (Å²) in [4.78, 5) is 0. The second kappa shape index (κ2) is 5.19. The van der Waals surface area contributed by atoms with Crippen molar-refractivity contribution in [3.05, 3.63) is 23.8 Å². The van der Waals surface area contributed by atoms with Gasteiger partial charge in [0.25, 0.3) is 0 Å². The van der Waals surface area contributed by atoms with Crippen molar-refractivity contribution in [1.29, 1.82) is 0 Å². The standard InChI is InChI=1S/C15H21NO2/c1-17-14-7-4-5-12(13-6-2-3-10-16-13)15(14)18-11-8-9-11/h4-5,7,11,13,16H,2-3,6,8-10H2,1H3. The van der Waals surface area contributed by atoms with Crippen LogP contribution in [-0.4, -0.2) is 19.8 Å². The first-order chi connectivity index (χ1) is 8.88. The van der Waals surface area contributed by atoms with E-state index in [-0.39, 0.29) is 0 Å². The van der Waals surface area contributed by atoms with Gasteiger partial charge in [0.2, 0.25) is 0 Å². The van der Waals surface area contributed by atoms with Crippen LogP contribution >= 0.6 is 0 Å². The molecule has 2 aliphatic rings. The summed E-state index contributed by atoms with van der Waals surface area (Å²) in [5.74, 6) is 1.83.